The molecular weight excluding hydrogens is 262 g/mol. The first-order valence-electron chi connectivity index (χ1n) is 6.98. The van der Waals surface area contributed by atoms with E-state index in [4.69, 9.17) is 15.7 Å². The number of nitrogens with two attached hydrogens (primary N) is 1. The summed E-state index contributed by atoms with van der Waals surface area (Å²) in [5.74, 6) is -0.237. The number of nitrogens with zero attached hydrogens (tertiary/aromatic N) is 2. The number of rotatable bonds is 5. The van der Waals surface area contributed by atoms with Gasteiger partial charge in [0.05, 0.1) is 25.4 Å². The number of aliphatic hydroxyl groups is 1. The Hall–Kier alpha value is -1.34. The van der Waals surface area contributed by atoms with Crippen molar-refractivity contribution in [3.05, 3.63) is 0 Å². The Balaban J connectivity index is 3.05. The lowest BCUT2D eigenvalue weighted by Gasteiger charge is -2.42. The number of hydrogen-bond donors (Lipinski definition) is 3. The van der Waals surface area contributed by atoms with Gasteiger partial charge in [0, 0.05) is 6.54 Å². The minimum absolute atomic E-state index is 0.0632. The summed E-state index contributed by atoms with van der Waals surface area (Å²) < 4.78 is 5.43. The molecule has 0 spiro atoms. The number of aliphatic hydroxyl groups excluding tert-OH is 1. The molecule has 7 heteroatoms. The van der Waals surface area contributed by atoms with Crippen molar-refractivity contribution in [2.45, 2.75) is 45.8 Å². The van der Waals surface area contributed by atoms with E-state index >= 15 is 0 Å². The topological polar surface area (TPSA) is 108 Å². The summed E-state index contributed by atoms with van der Waals surface area (Å²) in [5.41, 5.74) is 4.77. The number of carbonyl (C=O) groups excluding carboxylic acids is 1. The largest absolute Gasteiger partial charge is 0.409 e. The van der Waals surface area contributed by atoms with Crippen molar-refractivity contribution >= 4 is 11.7 Å². The fourth-order valence-electron chi connectivity index (χ4n) is 2.61. The third-order valence-electron chi connectivity index (χ3n) is 4.18. The first-order valence-corrected chi connectivity index (χ1v) is 6.98. The molecule has 1 aliphatic rings. The highest BCUT2D eigenvalue weighted by molar-refractivity contribution is 6.06. The lowest BCUT2D eigenvalue weighted by atomic mass is 9.79. The number of amides is 1. The number of ether oxygens (including phenoxy) is 1. The van der Waals surface area contributed by atoms with Gasteiger partial charge in [-0.3, -0.25) is 4.79 Å². The summed E-state index contributed by atoms with van der Waals surface area (Å²) >= 11 is 0. The highest BCUT2D eigenvalue weighted by atomic mass is 16.5. The van der Waals surface area contributed by atoms with Gasteiger partial charge in [-0.15, -0.1) is 0 Å². The van der Waals surface area contributed by atoms with Gasteiger partial charge in [-0.2, -0.15) is 0 Å². The third kappa shape index (κ3) is 2.88. The zero-order valence-corrected chi connectivity index (χ0v) is 12.4. The normalized spacial score (nSPS) is 24.8. The van der Waals surface area contributed by atoms with Gasteiger partial charge in [0.15, 0.2) is 5.84 Å². The van der Waals surface area contributed by atoms with Crippen molar-refractivity contribution in [3.63, 3.8) is 0 Å². The van der Waals surface area contributed by atoms with Gasteiger partial charge in [-0.05, 0) is 19.8 Å². The molecule has 116 valence electrons. The Morgan fingerprint density at radius 1 is 1.50 bits per heavy atom. The van der Waals surface area contributed by atoms with E-state index in [0.717, 1.165) is 0 Å². The molecule has 1 fully saturated rings. The van der Waals surface area contributed by atoms with Crippen LogP contribution in [0.15, 0.2) is 5.16 Å². The molecule has 4 N–H and O–H groups in total. The minimum atomic E-state index is -1.000. The average molecular weight is 287 g/mol. The van der Waals surface area contributed by atoms with Crippen molar-refractivity contribution < 1.29 is 19.8 Å². The SMILES string of the molecule is CCC(CC)(C(=O)N1CC(CO)OCC1C)C(N)=NO. The van der Waals surface area contributed by atoms with E-state index in [9.17, 15) is 9.90 Å². The first kappa shape index (κ1) is 16.7. The molecule has 0 aliphatic carbocycles. The van der Waals surface area contributed by atoms with Crippen LogP contribution in [0.3, 0.4) is 0 Å². The van der Waals surface area contributed by atoms with Crippen LogP contribution in [0.2, 0.25) is 0 Å². The van der Waals surface area contributed by atoms with Crippen molar-refractivity contribution in [2.24, 2.45) is 16.3 Å². The van der Waals surface area contributed by atoms with E-state index in [1.54, 1.807) is 4.90 Å². The summed E-state index contributed by atoms with van der Waals surface area (Å²) in [6.07, 6.45) is 0.520. The molecule has 0 saturated carbocycles. The van der Waals surface area contributed by atoms with Gasteiger partial charge in [-0.1, -0.05) is 19.0 Å². The van der Waals surface area contributed by atoms with Crippen LogP contribution in [-0.4, -0.2) is 58.9 Å². The maximum atomic E-state index is 12.9. The smallest absolute Gasteiger partial charge is 0.236 e. The summed E-state index contributed by atoms with van der Waals surface area (Å²) in [5, 5.41) is 21.2. The number of amidine groups is 1. The Morgan fingerprint density at radius 2 is 2.10 bits per heavy atom. The van der Waals surface area contributed by atoms with Crippen LogP contribution >= 0.6 is 0 Å². The Morgan fingerprint density at radius 3 is 2.55 bits per heavy atom. The maximum Gasteiger partial charge on any atom is 0.236 e. The second kappa shape index (κ2) is 6.90. The number of oxime groups is 1. The molecular formula is C13H25N3O4. The van der Waals surface area contributed by atoms with Crippen LogP contribution in [0.25, 0.3) is 0 Å². The van der Waals surface area contributed by atoms with Gasteiger partial charge < -0.3 is 25.7 Å². The van der Waals surface area contributed by atoms with Gasteiger partial charge in [0.25, 0.3) is 0 Å². The van der Waals surface area contributed by atoms with E-state index in [0.29, 0.717) is 26.0 Å². The average Bonchev–Trinajstić information content (AvgIpc) is 2.49. The van der Waals surface area contributed by atoms with Crippen LogP contribution in [0, 0.1) is 5.41 Å². The Bertz CT molecular complexity index is 369. The van der Waals surface area contributed by atoms with E-state index in [-0.39, 0.29) is 30.5 Å². The van der Waals surface area contributed by atoms with Crippen molar-refractivity contribution in [3.8, 4) is 0 Å². The lowest BCUT2D eigenvalue weighted by Crippen LogP contribution is -2.59. The standard InChI is InChI=1S/C13H25N3O4/c1-4-13(5-2,11(14)15-19)12(18)16-6-10(7-17)20-8-9(16)3/h9-10,17,19H,4-8H2,1-3H3,(H2,14,15). The lowest BCUT2D eigenvalue weighted by molar-refractivity contribution is -0.153. The van der Waals surface area contributed by atoms with E-state index in [2.05, 4.69) is 5.16 Å². The molecule has 0 radical (unpaired) electrons. The molecule has 0 bridgehead atoms. The van der Waals surface area contributed by atoms with Crippen molar-refractivity contribution in [1.82, 2.24) is 4.90 Å². The molecule has 1 amide bonds. The molecule has 2 unspecified atom stereocenters. The van der Waals surface area contributed by atoms with Gasteiger partial charge >= 0.3 is 0 Å². The molecule has 1 aliphatic heterocycles. The maximum absolute atomic E-state index is 12.9. The van der Waals surface area contributed by atoms with Crippen LogP contribution in [0.4, 0.5) is 0 Å². The molecule has 1 rings (SSSR count). The molecule has 2 atom stereocenters. The predicted molar refractivity (Wildman–Crippen MR) is 74.4 cm³/mol. The number of morpholine rings is 1. The van der Waals surface area contributed by atoms with E-state index in [1.165, 1.54) is 0 Å². The quantitative estimate of drug-likeness (QED) is 0.289. The molecule has 1 saturated heterocycles. The Kier molecular flexibility index (Phi) is 5.76. The fourth-order valence-corrected chi connectivity index (χ4v) is 2.61. The summed E-state index contributed by atoms with van der Waals surface area (Å²) in [7, 11) is 0. The van der Waals surface area contributed by atoms with Gasteiger partial charge in [0.1, 0.15) is 5.41 Å². The molecule has 0 aromatic heterocycles. The molecule has 20 heavy (non-hydrogen) atoms. The second-order valence-corrected chi connectivity index (χ2v) is 5.22. The molecule has 0 aromatic rings. The van der Waals surface area contributed by atoms with Crippen LogP contribution < -0.4 is 5.73 Å². The van der Waals surface area contributed by atoms with Crippen molar-refractivity contribution in [2.75, 3.05) is 19.8 Å². The number of hydrogen-bond acceptors (Lipinski definition) is 5. The van der Waals surface area contributed by atoms with Crippen LogP contribution in [-0.2, 0) is 9.53 Å². The fraction of sp³-hybridized carbons (Fsp3) is 0.846. The minimum Gasteiger partial charge on any atom is -0.409 e. The first-order chi connectivity index (χ1) is 9.46. The monoisotopic (exact) mass is 287 g/mol. The second-order valence-electron chi connectivity index (χ2n) is 5.22. The summed E-state index contributed by atoms with van der Waals surface area (Å²) in [6.45, 7) is 6.12. The molecule has 0 aromatic carbocycles. The van der Waals surface area contributed by atoms with Gasteiger partial charge in [0.2, 0.25) is 5.91 Å². The van der Waals surface area contributed by atoms with Gasteiger partial charge in [-0.25, -0.2) is 0 Å². The Labute approximate surface area is 119 Å². The summed E-state index contributed by atoms with van der Waals surface area (Å²) in [6, 6.07) is -0.103. The number of carbonyl (C=O) groups is 1. The zero-order valence-electron chi connectivity index (χ0n) is 12.4. The third-order valence-corrected chi connectivity index (χ3v) is 4.18. The van der Waals surface area contributed by atoms with E-state index in [1.807, 2.05) is 20.8 Å². The van der Waals surface area contributed by atoms with Crippen molar-refractivity contribution in [1.29, 1.82) is 0 Å². The van der Waals surface area contributed by atoms with Crippen LogP contribution in [0.5, 0.6) is 0 Å². The van der Waals surface area contributed by atoms with E-state index < -0.39 is 5.41 Å². The zero-order chi connectivity index (χ0) is 15.3. The highest BCUT2D eigenvalue weighted by Gasteiger charge is 2.45. The molecule has 1 heterocycles. The highest BCUT2D eigenvalue weighted by Crippen LogP contribution is 2.31. The summed E-state index contributed by atoms with van der Waals surface area (Å²) in [4.78, 5) is 14.5. The van der Waals surface area contributed by atoms with Crippen LogP contribution in [0.1, 0.15) is 33.6 Å². The molecule has 7 nitrogen and oxygen atoms in total. The predicted octanol–water partition coefficient (Wildman–Crippen LogP) is 0.147.